The number of carbonyl (C=O) groups excluding carboxylic acids is 1. The Hall–Kier alpha value is -0.970. The van der Waals surface area contributed by atoms with Gasteiger partial charge in [0, 0.05) is 12.5 Å². The van der Waals surface area contributed by atoms with Crippen LogP contribution in [0.15, 0.2) is 12.1 Å². The molecule has 0 saturated carbocycles. The number of nitrogens with two attached hydrogens (primary N) is 1. The molecule has 1 aliphatic rings. The zero-order chi connectivity index (χ0) is 13.1. The van der Waals surface area contributed by atoms with E-state index in [1.54, 1.807) is 6.07 Å². The molecule has 6 heteroatoms. The summed E-state index contributed by atoms with van der Waals surface area (Å²) in [5.74, 6) is -0.306. The number of esters is 1. The quantitative estimate of drug-likeness (QED) is 0.687. The molecule has 0 radical (unpaired) electrons. The molecule has 0 aliphatic carbocycles. The summed E-state index contributed by atoms with van der Waals surface area (Å²) in [6, 6.07) is 3.07. The van der Waals surface area contributed by atoms with Crippen LogP contribution in [-0.2, 0) is 9.47 Å². The van der Waals surface area contributed by atoms with E-state index in [2.05, 4.69) is 0 Å². The van der Waals surface area contributed by atoms with E-state index in [0.717, 1.165) is 6.42 Å². The van der Waals surface area contributed by atoms with Gasteiger partial charge in [-0.2, -0.15) is 0 Å². The van der Waals surface area contributed by atoms with E-state index < -0.39 is 5.97 Å². The van der Waals surface area contributed by atoms with Gasteiger partial charge in [-0.25, -0.2) is 4.79 Å². The molecule has 1 unspecified atom stereocenters. The highest BCUT2D eigenvalue weighted by atomic mass is 35.5. The molecule has 18 heavy (non-hydrogen) atoms. The largest absolute Gasteiger partial charge is 0.462 e. The number of anilines is 1. The molecule has 0 amide bonds. The Morgan fingerprint density at radius 1 is 1.44 bits per heavy atom. The zero-order valence-electron chi connectivity index (χ0n) is 9.62. The van der Waals surface area contributed by atoms with Gasteiger partial charge in [0.2, 0.25) is 0 Å². The van der Waals surface area contributed by atoms with Crippen molar-refractivity contribution in [2.75, 3.05) is 25.6 Å². The molecular weight excluding hydrogens is 277 g/mol. The lowest BCUT2D eigenvalue weighted by Crippen LogP contribution is -2.16. The van der Waals surface area contributed by atoms with Crippen LogP contribution in [0.2, 0.25) is 10.0 Å². The highest BCUT2D eigenvalue weighted by molar-refractivity contribution is 6.38. The van der Waals surface area contributed by atoms with Crippen molar-refractivity contribution in [3.63, 3.8) is 0 Å². The number of ether oxygens (including phenoxy) is 2. The fraction of sp³-hybridized carbons (Fsp3) is 0.417. The van der Waals surface area contributed by atoms with Gasteiger partial charge in [0.15, 0.2) is 0 Å². The van der Waals surface area contributed by atoms with Crippen LogP contribution in [0.25, 0.3) is 0 Å². The van der Waals surface area contributed by atoms with Crippen LogP contribution in [0.1, 0.15) is 16.8 Å². The van der Waals surface area contributed by atoms with Gasteiger partial charge in [0.25, 0.3) is 0 Å². The molecule has 1 fully saturated rings. The lowest BCUT2D eigenvalue weighted by Gasteiger charge is -2.12. The summed E-state index contributed by atoms with van der Waals surface area (Å²) in [6.45, 7) is 1.63. The Morgan fingerprint density at radius 3 is 2.83 bits per heavy atom. The molecule has 0 spiro atoms. The first-order valence-corrected chi connectivity index (χ1v) is 6.33. The number of carbonyl (C=O) groups is 1. The van der Waals surface area contributed by atoms with E-state index in [1.165, 1.54) is 6.07 Å². The molecule has 1 aromatic carbocycles. The summed E-state index contributed by atoms with van der Waals surface area (Å²) in [6.07, 6.45) is 0.895. The van der Waals surface area contributed by atoms with Crippen LogP contribution < -0.4 is 5.73 Å². The Labute approximate surface area is 115 Å². The van der Waals surface area contributed by atoms with Gasteiger partial charge in [-0.1, -0.05) is 23.2 Å². The maximum Gasteiger partial charge on any atom is 0.341 e. The van der Waals surface area contributed by atoms with Gasteiger partial charge in [-0.05, 0) is 18.6 Å². The third-order valence-corrected chi connectivity index (χ3v) is 3.46. The fourth-order valence-electron chi connectivity index (χ4n) is 1.76. The van der Waals surface area contributed by atoms with E-state index in [4.69, 9.17) is 38.4 Å². The van der Waals surface area contributed by atoms with Crippen molar-refractivity contribution in [2.45, 2.75) is 6.42 Å². The fourth-order valence-corrected chi connectivity index (χ4v) is 2.15. The second-order valence-corrected chi connectivity index (χ2v) is 4.96. The standard InChI is InChI=1S/C12H13Cl2NO3/c13-8-1-2-9(14)11(15)10(8)12(16)18-6-7-3-4-17-5-7/h1-2,7H,3-6,15H2. The minimum Gasteiger partial charge on any atom is -0.462 e. The first-order valence-electron chi connectivity index (χ1n) is 5.58. The summed E-state index contributed by atoms with van der Waals surface area (Å²) in [5.41, 5.74) is 6.00. The highest BCUT2D eigenvalue weighted by Gasteiger charge is 2.21. The average molecular weight is 290 g/mol. The third kappa shape index (κ3) is 2.88. The van der Waals surface area contributed by atoms with Gasteiger partial charge in [-0.15, -0.1) is 0 Å². The first kappa shape index (κ1) is 13.5. The number of nitrogen functional groups attached to an aromatic ring is 1. The molecule has 1 aromatic rings. The van der Waals surface area contributed by atoms with Crippen molar-refractivity contribution < 1.29 is 14.3 Å². The predicted molar refractivity (Wildman–Crippen MR) is 70.1 cm³/mol. The van der Waals surface area contributed by atoms with Gasteiger partial charge in [0.1, 0.15) is 5.56 Å². The van der Waals surface area contributed by atoms with Gasteiger partial charge in [-0.3, -0.25) is 0 Å². The van der Waals surface area contributed by atoms with E-state index in [0.29, 0.717) is 19.8 Å². The summed E-state index contributed by atoms with van der Waals surface area (Å²) in [5, 5.41) is 0.528. The number of hydrogen-bond acceptors (Lipinski definition) is 4. The maximum absolute atomic E-state index is 11.9. The van der Waals surface area contributed by atoms with Crippen LogP contribution in [0.4, 0.5) is 5.69 Å². The lowest BCUT2D eigenvalue weighted by molar-refractivity contribution is 0.0429. The Balaban J connectivity index is 2.06. The molecule has 1 aliphatic heterocycles. The lowest BCUT2D eigenvalue weighted by atomic mass is 10.1. The van der Waals surface area contributed by atoms with Crippen LogP contribution in [-0.4, -0.2) is 25.8 Å². The SMILES string of the molecule is Nc1c(Cl)ccc(Cl)c1C(=O)OCC1CCOC1. The maximum atomic E-state index is 11.9. The van der Waals surface area contributed by atoms with Crippen LogP contribution in [0.5, 0.6) is 0 Å². The Morgan fingerprint density at radius 2 is 2.17 bits per heavy atom. The Bertz CT molecular complexity index is 459. The average Bonchev–Trinajstić information content (AvgIpc) is 2.85. The van der Waals surface area contributed by atoms with Crippen molar-refractivity contribution in [2.24, 2.45) is 5.92 Å². The minimum atomic E-state index is -0.549. The molecule has 1 saturated heterocycles. The zero-order valence-corrected chi connectivity index (χ0v) is 11.1. The second kappa shape index (κ2) is 5.78. The van der Waals surface area contributed by atoms with Gasteiger partial charge in [0.05, 0.1) is 28.9 Å². The normalized spacial score (nSPS) is 18.9. The number of hydrogen-bond donors (Lipinski definition) is 1. The topological polar surface area (TPSA) is 61.6 Å². The van der Waals surface area contributed by atoms with Crippen LogP contribution in [0.3, 0.4) is 0 Å². The van der Waals surface area contributed by atoms with E-state index >= 15 is 0 Å². The summed E-state index contributed by atoms with van der Waals surface area (Å²) in [4.78, 5) is 11.9. The number of benzene rings is 1. The van der Waals surface area contributed by atoms with Gasteiger partial charge < -0.3 is 15.2 Å². The third-order valence-electron chi connectivity index (χ3n) is 2.82. The van der Waals surface area contributed by atoms with Gasteiger partial charge >= 0.3 is 5.97 Å². The highest BCUT2D eigenvalue weighted by Crippen LogP contribution is 2.30. The van der Waals surface area contributed by atoms with Crippen LogP contribution >= 0.6 is 23.2 Å². The molecule has 1 atom stereocenters. The van der Waals surface area contributed by atoms with Crippen molar-refractivity contribution in [3.05, 3.63) is 27.7 Å². The molecule has 1 heterocycles. The predicted octanol–water partition coefficient (Wildman–Crippen LogP) is 2.77. The molecular formula is C12H13Cl2NO3. The van der Waals surface area contributed by atoms with Crippen molar-refractivity contribution in [1.29, 1.82) is 0 Å². The molecule has 98 valence electrons. The van der Waals surface area contributed by atoms with Crippen molar-refractivity contribution >= 4 is 34.9 Å². The molecule has 2 rings (SSSR count). The van der Waals surface area contributed by atoms with Crippen molar-refractivity contribution in [1.82, 2.24) is 0 Å². The molecule has 0 aromatic heterocycles. The van der Waals surface area contributed by atoms with E-state index in [-0.39, 0.29) is 27.2 Å². The van der Waals surface area contributed by atoms with E-state index in [9.17, 15) is 4.79 Å². The summed E-state index contributed by atoms with van der Waals surface area (Å²) >= 11 is 11.8. The summed E-state index contributed by atoms with van der Waals surface area (Å²) in [7, 11) is 0. The summed E-state index contributed by atoms with van der Waals surface area (Å²) < 4.78 is 10.4. The smallest absolute Gasteiger partial charge is 0.341 e. The Kier molecular flexibility index (Phi) is 4.32. The van der Waals surface area contributed by atoms with Crippen LogP contribution in [0, 0.1) is 5.92 Å². The minimum absolute atomic E-state index is 0.128. The number of halogens is 2. The van der Waals surface area contributed by atoms with E-state index in [1.807, 2.05) is 0 Å². The first-order chi connectivity index (χ1) is 8.59. The second-order valence-electron chi connectivity index (χ2n) is 4.15. The van der Waals surface area contributed by atoms with Crippen molar-refractivity contribution in [3.8, 4) is 0 Å². The molecule has 2 N–H and O–H groups in total. The number of rotatable bonds is 3. The molecule has 0 bridgehead atoms. The monoisotopic (exact) mass is 289 g/mol. The molecule has 4 nitrogen and oxygen atoms in total.